The van der Waals surface area contributed by atoms with Crippen molar-refractivity contribution in [1.82, 2.24) is 10.2 Å². The SMILES string of the molecule is CNC(CCCOc1ccc([N+](=O)[O-])cc1)c1ccc(OC(=O)N(C)C)cc1.Cl. The molecule has 0 heterocycles. The van der Waals surface area contributed by atoms with Crippen LogP contribution in [0.2, 0.25) is 0 Å². The molecule has 1 unspecified atom stereocenters. The number of hydrogen-bond acceptors (Lipinski definition) is 6. The first-order valence-corrected chi connectivity index (χ1v) is 8.94. The lowest BCUT2D eigenvalue weighted by Gasteiger charge is -2.17. The van der Waals surface area contributed by atoms with Crippen molar-refractivity contribution < 1.29 is 19.2 Å². The topological polar surface area (TPSA) is 93.9 Å². The van der Waals surface area contributed by atoms with E-state index in [2.05, 4.69) is 5.32 Å². The molecule has 158 valence electrons. The smallest absolute Gasteiger partial charge is 0.414 e. The summed E-state index contributed by atoms with van der Waals surface area (Å²) in [5.41, 5.74) is 1.13. The summed E-state index contributed by atoms with van der Waals surface area (Å²) in [7, 11) is 5.15. The normalized spacial score (nSPS) is 11.1. The van der Waals surface area contributed by atoms with Crippen molar-refractivity contribution in [2.75, 3.05) is 27.7 Å². The average molecular weight is 424 g/mol. The molecule has 1 atom stereocenters. The van der Waals surface area contributed by atoms with Gasteiger partial charge in [-0.05, 0) is 49.7 Å². The Morgan fingerprint density at radius 3 is 2.21 bits per heavy atom. The maximum Gasteiger partial charge on any atom is 0.414 e. The molecular weight excluding hydrogens is 398 g/mol. The number of non-ortho nitro benzene ring substituents is 1. The molecule has 0 radical (unpaired) electrons. The number of halogens is 1. The lowest BCUT2D eigenvalue weighted by molar-refractivity contribution is -0.384. The molecule has 2 aromatic rings. The first kappa shape index (κ1) is 24.2. The molecule has 0 aliphatic heterocycles. The number of carbonyl (C=O) groups excluding carboxylic acids is 1. The van der Waals surface area contributed by atoms with E-state index in [0.717, 1.165) is 18.4 Å². The minimum Gasteiger partial charge on any atom is -0.494 e. The van der Waals surface area contributed by atoms with E-state index in [-0.39, 0.29) is 24.1 Å². The summed E-state index contributed by atoms with van der Waals surface area (Å²) in [6.07, 6.45) is 1.24. The molecule has 0 spiro atoms. The van der Waals surface area contributed by atoms with Crippen molar-refractivity contribution in [2.45, 2.75) is 18.9 Å². The molecule has 2 rings (SSSR count). The van der Waals surface area contributed by atoms with E-state index in [0.29, 0.717) is 18.1 Å². The van der Waals surface area contributed by atoms with E-state index >= 15 is 0 Å². The third-order valence-electron chi connectivity index (χ3n) is 4.15. The Morgan fingerprint density at radius 2 is 1.69 bits per heavy atom. The van der Waals surface area contributed by atoms with Crippen LogP contribution in [-0.2, 0) is 0 Å². The number of nitro benzene ring substituents is 1. The van der Waals surface area contributed by atoms with Crippen molar-refractivity contribution in [1.29, 1.82) is 0 Å². The number of nitro groups is 1. The molecule has 8 nitrogen and oxygen atoms in total. The first-order chi connectivity index (χ1) is 13.4. The number of ether oxygens (including phenoxy) is 2. The van der Waals surface area contributed by atoms with E-state index in [4.69, 9.17) is 9.47 Å². The van der Waals surface area contributed by atoms with E-state index in [1.807, 2.05) is 19.2 Å². The number of nitrogens with zero attached hydrogens (tertiary/aromatic N) is 2. The van der Waals surface area contributed by atoms with Crippen LogP contribution in [0, 0.1) is 10.1 Å². The first-order valence-electron chi connectivity index (χ1n) is 8.94. The van der Waals surface area contributed by atoms with Crippen LogP contribution in [0.15, 0.2) is 48.5 Å². The third kappa shape index (κ3) is 7.59. The molecule has 0 saturated carbocycles. The Labute approximate surface area is 176 Å². The van der Waals surface area contributed by atoms with Gasteiger partial charge in [-0.3, -0.25) is 10.1 Å². The summed E-state index contributed by atoms with van der Waals surface area (Å²) in [5.74, 6) is 1.11. The molecule has 0 fully saturated rings. The van der Waals surface area contributed by atoms with Crippen LogP contribution in [0.4, 0.5) is 10.5 Å². The zero-order valence-corrected chi connectivity index (χ0v) is 17.5. The highest BCUT2D eigenvalue weighted by molar-refractivity contribution is 5.85. The quantitative estimate of drug-likeness (QED) is 0.369. The molecular formula is C20H26ClN3O5. The van der Waals surface area contributed by atoms with Gasteiger partial charge in [-0.1, -0.05) is 12.1 Å². The fraction of sp³-hybridized carbons (Fsp3) is 0.350. The number of rotatable bonds is 9. The minimum atomic E-state index is -0.436. The summed E-state index contributed by atoms with van der Waals surface area (Å²) in [6, 6.07) is 13.6. The molecule has 0 aromatic heterocycles. The molecule has 9 heteroatoms. The Bertz CT molecular complexity index is 782. The van der Waals surface area contributed by atoms with Crippen molar-refractivity contribution in [3.63, 3.8) is 0 Å². The molecule has 0 aliphatic carbocycles. The fourth-order valence-corrected chi connectivity index (χ4v) is 2.58. The van der Waals surface area contributed by atoms with Crippen molar-refractivity contribution >= 4 is 24.2 Å². The van der Waals surface area contributed by atoms with Crippen LogP contribution in [0.1, 0.15) is 24.4 Å². The molecule has 0 aliphatic rings. The standard InChI is InChI=1S/C20H25N3O5.ClH/c1-21-19(15-6-10-18(11-7-15)28-20(24)22(2)3)5-4-14-27-17-12-8-16(9-13-17)23(25)26;/h6-13,19,21H,4-5,14H2,1-3H3;1H. The Kier molecular flexibility index (Phi) is 9.91. The predicted octanol–water partition coefficient (Wildman–Crippen LogP) is 4.20. The van der Waals surface area contributed by atoms with E-state index in [9.17, 15) is 14.9 Å². The lowest BCUT2D eigenvalue weighted by atomic mass is 10.0. The summed E-state index contributed by atoms with van der Waals surface area (Å²) >= 11 is 0. The molecule has 1 N–H and O–H groups in total. The highest BCUT2D eigenvalue weighted by Crippen LogP contribution is 2.22. The highest BCUT2D eigenvalue weighted by Gasteiger charge is 2.11. The van der Waals surface area contributed by atoms with Gasteiger partial charge >= 0.3 is 6.09 Å². The van der Waals surface area contributed by atoms with Gasteiger partial charge in [0.25, 0.3) is 5.69 Å². The van der Waals surface area contributed by atoms with E-state index in [1.165, 1.54) is 17.0 Å². The molecule has 0 saturated heterocycles. The summed E-state index contributed by atoms with van der Waals surface area (Å²) in [6.45, 7) is 0.508. The Balaban J connectivity index is 0.00000420. The third-order valence-corrected chi connectivity index (χ3v) is 4.15. The number of amides is 1. The number of carbonyl (C=O) groups is 1. The van der Waals surface area contributed by atoms with Gasteiger partial charge in [0.05, 0.1) is 11.5 Å². The average Bonchev–Trinajstić information content (AvgIpc) is 2.69. The van der Waals surface area contributed by atoms with Gasteiger partial charge in [0.2, 0.25) is 0 Å². The molecule has 1 amide bonds. The van der Waals surface area contributed by atoms with Gasteiger partial charge < -0.3 is 19.7 Å². The van der Waals surface area contributed by atoms with Crippen LogP contribution in [0.3, 0.4) is 0 Å². The van der Waals surface area contributed by atoms with Gasteiger partial charge in [-0.25, -0.2) is 4.79 Å². The minimum absolute atomic E-state index is 0. The van der Waals surface area contributed by atoms with Gasteiger partial charge in [-0.15, -0.1) is 12.4 Å². The Hall–Kier alpha value is -2.84. The number of benzene rings is 2. The van der Waals surface area contributed by atoms with Crippen molar-refractivity contribution in [2.24, 2.45) is 0 Å². The summed E-state index contributed by atoms with van der Waals surface area (Å²) in [5, 5.41) is 13.9. The number of nitrogens with one attached hydrogen (secondary N) is 1. The maximum atomic E-state index is 11.6. The summed E-state index contributed by atoms with van der Waals surface area (Å²) < 4.78 is 10.9. The largest absolute Gasteiger partial charge is 0.494 e. The Morgan fingerprint density at radius 1 is 1.10 bits per heavy atom. The van der Waals surface area contributed by atoms with Crippen LogP contribution >= 0.6 is 12.4 Å². The summed E-state index contributed by atoms with van der Waals surface area (Å²) in [4.78, 5) is 23.2. The van der Waals surface area contributed by atoms with Gasteiger partial charge in [0.1, 0.15) is 11.5 Å². The number of hydrogen-bond donors (Lipinski definition) is 1. The lowest BCUT2D eigenvalue weighted by Crippen LogP contribution is -2.25. The second-order valence-corrected chi connectivity index (χ2v) is 6.41. The van der Waals surface area contributed by atoms with Crippen molar-refractivity contribution in [3.8, 4) is 11.5 Å². The molecule has 29 heavy (non-hydrogen) atoms. The second kappa shape index (κ2) is 11.9. The van der Waals surface area contributed by atoms with Crippen molar-refractivity contribution in [3.05, 3.63) is 64.2 Å². The van der Waals surface area contributed by atoms with Crippen LogP contribution in [0.25, 0.3) is 0 Å². The monoisotopic (exact) mass is 423 g/mol. The van der Waals surface area contributed by atoms with Crippen LogP contribution in [0.5, 0.6) is 11.5 Å². The second-order valence-electron chi connectivity index (χ2n) is 6.41. The maximum absolute atomic E-state index is 11.6. The van der Waals surface area contributed by atoms with E-state index in [1.54, 1.807) is 38.4 Å². The molecule has 0 bridgehead atoms. The zero-order chi connectivity index (χ0) is 20.5. The van der Waals surface area contributed by atoms with Gasteiger partial charge in [0, 0.05) is 32.3 Å². The van der Waals surface area contributed by atoms with Gasteiger partial charge in [-0.2, -0.15) is 0 Å². The van der Waals surface area contributed by atoms with Crippen LogP contribution < -0.4 is 14.8 Å². The zero-order valence-electron chi connectivity index (χ0n) is 16.7. The predicted molar refractivity (Wildman–Crippen MR) is 113 cm³/mol. The fourth-order valence-electron chi connectivity index (χ4n) is 2.58. The van der Waals surface area contributed by atoms with Crippen LogP contribution in [-0.4, -0.2) is 43.7 Å². The van der Waals surface area contributed by atoms with Gasteiger partial charge in [0.15, 0.2) is 0 Å². The highest BCUT2D eigenvalue weighted by atomic mass is 35.5. The molecule has 2 aromatic carbocycles. The van der Waals surface area contributed by atoms with E-state index < -0.39 is 11.0 Å².